The third-order valence-electron chi connectivity index (χ3n) is 6.08. The lowest BCUT2D eigenvalue weighted by atomic mass is 9.86. The van der Waals surface area contributed by atoms with Gasteiger partial charge in [0.2, 0.25) is 11.7 Å². The highest BCUT2D eigenvalue weighted by atomic mass is 35.5. The zero-order valence-electron chi connectivity index (χ0n) is 21.1. The molecule has 190 valence electrons. The maximum Gasteiger partial charge on any atom is 0.232 e. The molecule has 0 N–H and O–H groups in total. The Labute approximate surface area is 216 Å². The quantitative estimate of drug-likeness (QED) is 0.359. The van der Waals surface area contributed by atoms with Crippen LogP contribution in [0.4, 0.5) is 5.69 Å². The third kappa shape index (κ3) is 4.75. The maximum atomic E-state index is 13.7. The lowest BCUT2D eigenvalue weighted by Crippen LogP contribution is -2.41. The van der Waals surface area contributed by atoms with E-state index in [2.05, 4.69) is 0 Å². The van der Waals surface area contributed by atoms with Crippen molar-refractivity contribution in [1.82, 2.24) is 0 Å². The summed E-state index contributed by atoms with van der Waals surface area (Å²) in [6, 6.07) is 14.3. The molecule has 0 saturated carbocycles. The fraction of sp³-hybridized carbons (Fsp3) is 0.321. The van der Waals surface area contributed by atoms with Crippen LogP contribution in [-0.4, -0.2) is 40.5 Å². The maximum absolute atomic E-state index is 13.7. The number of benzene rings is 3. The molecule has 36 heavy (non-hydrogen) atoms. The Morgan fingerprint density at radius 2 is 1.42 bits per heavy atom. The van der Waals surface area contributed by atoms with E-state index >= 15 is 0 Å². The summed E-state index contributed by atoms with van der Waals surface area (Å²) in [7, 11) is 4.70. The van der Waals surface area contributed by atoms with E-state index in [1.807, 2.05) is 50.2 Å². The first-order valence-corrected chi connectivity index (χ1v) is 12.1. The minimum Gasteiger partial charge on any atom is -0.493 e. The summed E-state index contributed by atoms with van der Waals surface area (Å²) in [6.07, 6.45) is 0.214. The molecule has 4 rings (SSSR count). The molecule has 1 heterocycles. The van der Waals surface area contributed by atoms with Gasteiger partial charge in [-0.15, -0.1) is 0 Å². The highest BCUT2D eigenvalue weighted by molar-refractivity contribution is 6.30. The zero-order chi connectivity index (χ0) is 25.8. The van der Waals surface area contributed by atoms with Crippen molar-refractivity contribution in [3.05, 3.63) is 70.2 Å². The van der Waals surface area contributed by atoms with Gasteiger partial charge in [0.05, 0.1) is 47.0 Å². The molecule has 0 radical (unpaired) electrons. The predicted octanol–water partition coefficient (Wildman–Crippen LogP) is 5.84. The van der Waals surface area contributed by atoms with Crippen molar-refractivity contribution >= 4 is 23.2 Å². The average molecular weight is 512 g/mol. The smallest absolute Gasteiger partial charge is 0.232 e. The number of fused-ring (bicyclic) bond motifs is 1. The summed E-state index contributed by atoms with van der Waals surface area (Å²) in [6.45, 7) is 4.81. The average Bonchev–Trinajstić information content (AvgIpc) is 2.88. The number of carbonyl (C=O) groups excluding carboxylic acids is 1. The van der Waals surface area contributed by atoms with Crippen molar-refractivity contribution < 1.29 is 28.5 Å². The first-order chi connectivity index (χ1) is 17.4. The van der Waals surface area contributed by atoms with Gasteiger partial charge in [-0.2, -0.15) is 0 Å². The van der Waals surface area contributed by atoms with Crippen molar-refractivity contribution in [2.45, 2.75) is 26.3 Å². The van der Waals surface area contributed by atoms with E-state index in [-0.39, 0.29) is 12.3 Å². The Hall–Kier alpha value is -3.58. The summed E-state index contributed by atoms with van der Waals surface area (Å²) >= 11 is 6.16. The van der Waals surface area contributed by atoms with E-state index in [4.69, 9.17) is 35.3 Å². The molecule has 0 aliphatic carbocycles. The Kier molecular flexibility index (Phi) is 7.79. The first-order valence-electron chi connectivity index (χ1n) is 11.8. The molecule has 1 aliphatic rings. The van der Waals surface area contributed by atoms with Crippen LogP contribution in [0.5, 0.6) is 28.7 Å². The van der Waals surface area contributed by atoms with Crippen LogP contribution in [0, 0.1) is 0 Å². The predicted molar refractivity (Wildman–Crippen MR) is 139 cm³/mol. The molecule has 0 saturated heterocycles. The SMILES string of the molecule is CCOc1cc2c(cc1OCC)C(c1cc(OC)c(OC)c(OC)c1)N(c1ccc(Cl)cc1)C(=O)C2. The van der Waals surface area contributed by atoms with Gasteiger partial charge in [-0.3, -0.25) is 4.79 Å². The summed E-state index contributed by atoms with van der Waals surface area (Å²) in [4.78, 5) is 15.4. The van der Waals surface area contributed by atoms with Gasteiger partial charge in [0.25, 0.3) is 0 Å². The minimum absolute atomic E-state index is 0.0600. The van der Waals surface area contributed by atoms with Crippen molar-refractivity contribution in [2.24, 2.45) is 0 Å². The van der Waals surface area contributed by atoms with Crippen molar-refractivity contribution in [1.29, 1.82) is 0 Å². The van der Waals surface area contributed by atoms with E-state index in [0.29, 0.717) is 47.0 Å². The molecule has 0 bridgehead atoms. The molecular formula is C28H30ClNO6. The number of hydrogen-bond acceptors (Lipinski definition) is 6. The highest BCUT2D eigenvalue weighted by Crippen LogP contribution is 2.47. The lowest BCUT2D eigenvalue weighted by Gasteiger charge is -2.38. The Bertz CT molecular complexity index is 1220. The van der Waals surface area contributed by atoms with Crippen LogP contribution in [0.1, 0.15) is 36.6 Å². The monoisotopic (exact) mass is 511 g/mol. The van der Waals surface area contributed by atoms with Gasteiger partial charge in [-0.25, -0.2) is 0 Å². The number of nitrogens with zero attached hydrogens (tertiary/aromatic N) is 1. The summed E-state index contributed by atoms with van der Waals surface area (Å²) in [5.74, 6) is 2.66. The minimum atomic E-state index is -0.494. The molecule has 1 atom stereocenters. The molecule has 0 aromatic heterocycles. The largest absolute Gasteiger partial charge is 0.493 e. The number of ether oxygens (including phenoxy) is 5. The number of halogens is 1. The van der Waals surface area contributed by atoms with E-state index in [9.17, 15) is 4.79 Å². The van der Waals surface area contributed by atoms with Gasteiger partial charge in [0, 0.05) is 10.7 Å². The van der Waals surface area contributed by atoms with Gasteiger partial charge < -0.3 is 28.6 Å². The Morgan fingerprint density at radius 1 is 0.833 bits per heavy atom. The molecule has 8 heteroatoms. The summed E-state index contributed by atoms with van der Waals surface area (Å²) in [5, 5.41) is 0.591. The van der Waals surface area contributed by atoms with Crippen LogP contribution in [-0.2, 0) is 11.2 Å². The number of hydrogen-bond donors (Lipinski definition) is 0. The molecule has 1 unspecified atom stereocenters. The van der Waals surface area contributed by atoms with E-state index in [0.717, 1.165) is 22.4 Å². The summed E-state index contributed by atoms with van der Waals surface area (Å²) < 4.78 is 28.5. The van der Waals surface area contributed by atoms with Gasteiger partial charge >= 0.3 is 0 Å². The van der Waals surface area contributed by atoms with Crippen molar-refractivity contribution in [3.8, 4) is 28.7 Å². The van der Waals surface area contributed by atoms with Gasteiger partial charge in [-0.05, 0) is 79.1 Å². The van der Waals surface area contributed by atoms with Gasteiger partial charge in [0.1, 0.15) is 0 Å². The van der Waals surface area contributed by atoms with Crippen LogP contribution in [0.3, 0.4) is 0 Å². The van der Waals surface area contributed by atoms with Crippen LogP contribution < -0.4 is 28.6 Å². The Balaban J connectivity index is 1.99. The topological polar surface area (TPSA) is 66.5 Å². The molecule has 3 aromatic carbocycles. The number of methoxy groups -OCH3 is 3. The highest BCUT2D eigenvalue weighted by Gasteiger charge is 2.37. The molecule has 1 amide bonds. The third-order valence-corrected chi connectivity index (χ3v) is 6.33. The fourth-order valence-electron chi connectivity index (χ4n) is 4.58. The van der Waals surface area contributed by atoms with E-state index < -0.39 is 6.04 Å². The standard InChI is InChI=1S/C28H30ClNO6/c1-6-35-22-12-17-15-26(31)30(20-10-8-19(29)9-11-20)27(21(17)16-23(22)36-7-2)18-13-24(32-3)28(34-5)25(14-18)33-4/h8-14,16,27H,6-7,15H2,1-5H3. The Morgan fingerprint density at radius 3 is 1.94 bits per heavy atom. The second-order valence-corrected chi connectivity index (χ2v) is 8.58. The number of amides is 1. The van der Waals surface area contributed by atoms with Crippen molar-refractivity contribution in [2.75, 3.05) is 39.4 Å². The van der Waals surface area contributed by atoms with Crippen molar-refractivity contribution in [3.63, 3.8) is 0 Å². The molecular weight excluding hydrogens is 482 g/mol. The summed E-state index contributed by atoms with van der Waals surface area (Å²) in [5.41, 5.74) is 3.31. The molecule has 0 fully saturated rings. The second kappa shape index (κ2) is 11.0. The van der Waals surface area contributed by atoms with Gasteiger partial charge in [-0.1, -0.05) is 11.6 Å². The number of rotatable bonds is 9. The van der Waals surface area contributed by atoms with Gasteiger partial charge in [0.15, 0.2) is 23.0 Å². The molecule has 1 aliphatic heterocycles. The molecule has 3 aromatic rings. The van der Waals surface area contributed by atoms with Crippen LogP contribution in [0.15, 0.2) is 48.5 Å². The molecule has 0 spiro atoms. The van der Waals surface area contributed by atoms with E-state index in [1.54, 1.807) is 38.4 Å². The second-order valence-electron chi connectivity index (χ2n) is 8.14. The number of anilines is 1. The first kappa shape index (κ1) is 25.5. The van der Waals surface area contributed by atoms with Crippen LogP contribution >= 0.6 is 11.6 Å². The van der Waals surface area contributed by atoms with E-state index in [1.165, 1.54) is 0 Å². The number of carbonyl (C=O) groups is 1. The van der Waals surface area contributed by atoms with Crippen LogP contribution in [0.25, 0.3) is 0 Å². The zero-order valence-corrected chi connectivity index (χ0v) is 21.8. The van der Waals surface area contributed by atoms with Crippen LogP contribution in [0.2, 0.25) is 5.02 Å². The molecule has 7 nitrogen and oxygen atoms in total. The normalized spacial score (nSPS) is 14.8. The fourth-order valence-corrected chi connectivity index (χ4v) is 4.70. The lowest BCUT2D eigenvalue weighted by molar-refractivity contribution is -0.118.